The summed E-state index contributed by atoms with van der Waals surface area (Å²) in [6.07, 6.45) is 0.847. The van der Waals surface area contributed by atoms with Crippen LogP contribution in [0.3, 0.4) is 0 Å². The van der Waals surface area contributed by atoms with Crippen molar-refractivity contribution in [3.05, 3.63) is 24.3 Å². The minimum atomic E-state index is -0.131. The van der Waals surface area contributed by atoms with Crippen LogP contribution in [0.15, 0.2) is 24.3 Å². The third kappa shape index (κ3) is 1.82. The molecule has 4 nitrogen and oxygen atoms in total. The molecule has 96 valence electrons. The van der Waals surface area contributed by atoms with E-state index in [2.05, 4.69) is 10.6 Å². The Kier molecular flexibility index (Phi) is 2.65. The fourth-order valence-corrected chi connectivity index (χ4v) is 2.96. The number of rotatable bonds is 0. The Labute approximate surface area is 107 Å². The van der Waals surface area contributed by atoms with Crippen molar-refractivity contribution in [2.75, 3.05) is 10.6 Å². The molecule has 1 saturated heterocycles. The second-order valence-corrected chi connectivity index (χ2v) is 5.24. The SMILES string of the molecule is CC1CC2Nc3ccccc3NC(C)C2C(=O)O1. The zero-order valence-electron chi connectivity index (χ0n) is 10.6. The summed E-state index contributed by atoms with van der Waals surface area (Å²) >= 11 is 0. The molecule has 1 aromatic carbocycles. The molecule has 2 aliphatic heterocycles. The molecule has 2 aliphatic rings. The lowest BCUT2D eigenvalue weighted by Gasteiger charge is -2.35. The van der Waals surface area contributed by atoms with E-state index in [1.165, 1.54) is 0 Å². The van der Waals surface area contributed by atoms with Gasteiger partial charge >= 0.3 is 5.97 Å². The number of hydrogen-bond acceptors (Lipinski definition) is 4. The maximum atomic E-state index is 12.1. The average molecular weight is 246 g/mol. The van der Waals surface area contributed by atoms with Crippen LogP contribution in [0.1, 0.15) is 20.3 Å². The summed E-state index contributed by atoms with van der Waals surface area (Å²) in [7, 11) is 0. The molecule has 0 bridgehead atoms. The summed E-state index contributed by atoms with van der Waals surface area (Å²) in [6, 6.07) is 8.30. The summed E-state index contributed by atoms with van der Waals surface area (Å²) in [6.45, 7) is 3.99. The van der Waals surface area contributed by atoms with Crippen LogP contribution in [0.4, 0.5) is 11.4 Å². The highest BCUT2D eigenvalue weighted by atomic mass is 16.5. The van der Waals surface area contributed by atoms with Crippen LogP contribution >= 0.6 is 0 Å². The van der Waals surface area contributed by atoms with Crippen LogP contribution in [-0.2, 0) is 9.53 Å². The van der Waals surface area contributed by atoms with Gasteiger partial charge in [0.05, 0.1) is 17.3 Å². The number of nitrogens with one attached hydrogen (secondary N) is 2. The maximum Gasteiger partial charge on any atom is 0.313 e. The van der Waals surface area contributed by atoms with Crippen LogP contribution in [0.25, 0.3) is 0 Å². The largest absolute Gasteiger partial charge is 0.462 e. The standard InChI is InChI=1S/C14H18N2O2/c1-8-7-12-13(14(17)18-8)9(2)15-10-5-3-4-6-11(10)16-12/h3-6,8-9,12-13,15-16H,7H2,1-2H3. The molecule has 4 unspecified atom stereocenters. The lowest BCUT2D eigenvalue weighted by Crippen LogP contribution is -2.49. The van der Waals surface area contributed by atoms with E-state index < -0.39 is 0 Å². The fraction of sp³-hybridized carbons (Fsp3) is 0.500. The number of esters is 1. The molecular formula is C14H18N2O2. The van der Waals surface area contributed by atoms with E-state index in [0.717, 1.165) is 17.8 Å². The van der Waals surface area contributed by atoms with Crippen molar-refractivity contribution in [2.24, 2.45) is 5.92 Å². The lowest BCUT2D eigenvalue weighted by atomic mass is 9.87. The molecule has 0 saturated carbocycles. The number of carbonyl (C=O) groups is 1. The van der Waals surface area contributed by atoms with E-state index in [4.69, 9.17) is 4.74 Å². The van der Waals surface area contributed by atoms with E-state index in [-0.39, 0.29) is 30.1 Å². The summed E-state index contributed by atoms with van der Waals surface area (Å²) in [5.41, 5.74) is 2.12. The minimum Gasteiger partial charge on any atom is -0.462 e. The van der Waals surface area contributed by atoms with E-state index in [9.17, 15) is 4.79 Å². The van der Waals surface area contributed by atoms with Crippen molar-refractivity contribution in [1.29, 1.82) is 0 Å². The van der Waals surface area contributed by atoms with Crippen LogP contribution < -0.4 is 10.6 Å². The molecule has 0 aromatic heterocycles. The molecule has 2 heterocycles. The predicted molar refractivity (Wildman–Crippen MR) is 70.6 cm³/mol. The Hall–Kier alpha value is -1.71. The number of ether oxygens (including phenoxy) is 1. The van der Waals surface area contributed by atoms with Gasteiger partial charge in [0.2, 0.25) is 0 Å². The molecule has 3 rings (SSSR count). The van der Waals surface area contributed by atoms with Gasteiger partial charge in [0.1, 0.15) is 6.10 Å². The van der Waals surface area contributed by atoms with Crippen molar-refractivity contribution in [3.63, 3.8) is 0 Å². The quantitative estimate of drug-likeness (QED) is 0.689. The molecule has 0 radical (unpaired) electrons. The molecule has 0 aliphatic carbocycles. The third-order valence-corrected chi connectivity index (χ3v) is 3.80. The number of para-hydroxylation sites is 2. The number of hydrogen-bond donors (Lipinski definition) is 2. The van der Waals surface area contributed by atoms with Crippen molar-refractivity contribution in [2.45, 2.75) is 38.5 Å². The monoisotopic (exact) mass is 246 g/mol. The van der Waals surface area contributed by atoms with Gasteiger partial charge in [0, 0.05) is 18.5 Å². The first-order chi connectivity index (χ1) is 8.65. The van der Waals surface area contributed by atoms with Crippen LogP contribution in [0.5, 0.6) is 0 Å². The smallest absolute Gasteiger partial charge is 0.313 e. The minimum absolute atomic E-state index is 0.0105. The summed E-state index contributed by atoms with van der Waals surface area (Å²) in [5.74, 6) is -0.229. The zero-order valence-corrected chi connectivity index (χ0v) is 10.6. The van der Waals surface area contributed by atoms with E-state index >= 15 is 0 Å². The number of cyclic esters (lactones) is 1. The second kappa shape index (κ2) is 4.19. The average Bonchev–Trinajstić information content (AvgIpc) is 2.43. The van der Waals surface area contributed by atoms with Gasteiger partial charge in [-0.15, -0.1) is 0 Å². The maximum absolute atomic E-state index is 12.1. The van der Waals surface area contributed by atoms with Gasteiger partial charge in [-0.2, -0.15) is 0 Å². The molecule has 1 aromatic rings. The van der Waals surface area contributed by atoms with Crippen LogP contribution in [-0.4, -0.2) is 24.2 Å². The number of fused-ring (bicyclic) bond motifs is 2. The third-order valence-electron chi connectivity index (χ3n) is 3.80. The summed E-state index contributed by atoms with van der Waals surface area (Å²) in [5, 5.41) is 6.89. The first-order valence-electron chi connectivity index (χ1n) is 6.48. The van der Waals surface area contributed by atoms with Crippen molar-refractivity contribution in [3.8, 4) is 0 Å². The van der Waals surface area contributed by atoms with Gasteiger partial charge in [-0.1, -0.05) is 12.1 Å². The Morgan fingerprint density at radius 2 is 1.83 bits per heavy atom. The topological polar surface area (TPSA) is 50.4 Å². The van der Waals surface area contributed by atoms with Crippen molar-refractivity contribution < 1.29 is 9.53 Å². The highest BCUT2D eigenvalue weighted by Gasteiger charge is 2.42. The fourth-order valence-electron chi connectivity index (χ4n) is 2.96. The van der Waals surface area contributed by atoms with E-state index in [1.807, 2.05) is 38.1 Å². The molecule has 2 N–H and O–H groups in total. The van der Waals surface area contributed by atoms with Gasteiger partial charge in [-0.3, -0.25) is 4.79 Å². The molecule has 0 amide bonds. The van der Waals surface area contributed by atoms with Gasteiger partial charge < -0.3 is 15.4 Å². The zero-order chi connectivity index (χ0) is 12.7. The van der Waals surface area contributed by atoms with Gasteiger partial charge in [-0.25, -0.2) is 0 Å². The summed E-state index contributed by atoms with van der Waals surface area (Å²) < 4.78 is 5.36. The van der Waals surface area contributed by atoms with E-state index in [0.29, 0.717) is 0 Å². The molecule has 4 atom stereocenters. The first-order valence-corrected chi connectivity index (χ1v) is 6.48. The molecular weight excluding hydrogens is 228 g/mol. The van der Waals surface area contributed by atoms with Crippen LogP contribution in [0.2, 0.25) is 0 Å². The molecule has 1 fully saturated rings. The lowest BCUT2D eigenvalue weighted by molar-refractivity contribution is -0.160. The van der Waals surface area contributed by atoms with Gasteiger partial charge in [0.25, 0.3) is 0 Å². The number of carbonyl (C=O) groups excluding carboxylic acids is 1. The Morgan fingerprint density at radius 1 is 1.17 bits per heavy atom. The van der Waals surface area contributed by atoms with Gasteiger partial charge in [0.15, 0.2) is 0 Å². The normalized spacial score (nSPS) is 34.2. The van der Waals surface area contributed by atoms with Crippen LogP contribution in [0, 0.1) is 5.92 Å². The van der Waals surface area contributed by atoms with Gasteiger partial charge in [-0.05, 0) is 26.0 Å². The predicted octanol–water partition coefficient (Wildman–Crippen LogP) is 2.23. The second-order valence-electron chi connectivity index (χ2n) is 5.24. The molecule has 4 heteroatoms. The van der Waals surface area contributed by atoms with E-state index in [1.54, 1.807) is 0 Å². The number of benzene rings is 1. The summed E-state index contributed by atoms with van der Waals surface area (Å²) in [4.78, 5) is 12.1. The first kappa shape index (κ1) is 11.4. The van der Waals surface area contributed by atoms with Crippen molar-refractivity contribution >= 4 is 17.3 Å². The molecule has 18 heavy (non-hydrogen) atoms. The highest BCUT2D eigenvalue weighted by molar-refractivity contribution is 5.80. The number of anilines is 2. The highest BCUT2D eigenvalue weighted by Crippen LogP contribution is 2.34. The van der Waals surface area contributed by atoms with Crippen molar-refractivity contribution in [1.82, 2.24) is 0 Å². The Morgan fingerprint density at radius 3 is 2.56 bits per heavy atom. The Balaban J connectivity index is 1.97. The Bertz CT molecular complexity index is 475. The molecule has 0 spiro atoms.